The third-order valence-corrected chi connectivity index (χ3v) is 5.72. The van der Waals surface area contributed by atoms with Crippen molar-refractivity contribution in [3.8, 4) is 0 Å². The van der Waals surface area contributed by atoms with Crippen molar-refractivity contribution in [2.75, 3.05) is 45.8 Å². The van der Waals surface area contributed by atoms with Crippen LogP contribution in [0.4, 0.5) is 0 Å². The topological polar surface area (TPSA) is 44.6 Å². The van der Waals surface area contributed by atoms with Gasteiger partial charge in [0.05, 0.1) is 6.54 Å². The zero-order valence-corrected chi connectivity index (χ0v) is 15.9. The summed E-state index contributed by atoms with van der Waals surface area (Å²) < 4.78 is 2.07. The number of rotatable bonds is 6. The van der Waals surface area contributed by atoms with E-state index in [1.54, 1.807) is 0 Å². The van der Waals surface area contributed by atoms with E-state index >= 15 is 0 Å². The molecule has 0 aliphatic carbocycles. The van der Waals surface area contributed by atoms with Crippen LogP contribution in [0.25, 0.3) is 0 Å². The average molecular weight is 348 g/mol. The highest BCUT2D eigenvalue weighted by atomic mass is 16.2. The number of imidazole rings is 1. The first-order chi connectivity index (χ1) is 12.2. The van der Waals surface area contributed by atoms with E-state index in [9.17, 15) is 4.79 Å². The molecule has 0 atom stereocenters. The Morgan fingerprint density at radius 2 is 1.84 bits per heavy atom. The normalized spacial score (nSPS) is 21.0. The number of carbonyl (C=O) groups is 1. The van der Waals surface area contributed by atoms with Gasteiger partial charge in [0.15, 0.2) is 0 Å². The van der Waals surface area contributed by atoms with E-state index in [1.165, 1.54) is 38.9 Å². The van der Waals surface area contributed by atoms with Gasteiger partial charge in [0.25, 0.3) is 0 Å². The third kappa shape index (κ3) is 5.05. The number of carbonyl (C=O) groups excluding carboxylic acids is 1. The predicted octanol–water partition coefficient (Wildman–Crippen LogP) is 1.58. The first-order valence-electron chi connectivity index (χ1n) is 9.84. The molecule has 140 valence electrons. The second-order valence-electron chi connectivity index (χ2n) is 7.60. The molecule has 1 aromatic heterocycles. The lowest BCUT2D eigenvalue weighted by Gasteiger charge is -2.36. The van der Waals surface area contributed by atoms with Gasteiger partial charge in [-0.2, -0.15) is 0 Å². The van der Waals surface area contributed by atoms with Crippen molar-refractivity contribution in [1.82, 2.24) is 24.3 Å². The fraction of sp³-hybridized carbons (Fsp3) is 0.789. The van der Waals surface area contributed by atoms with Crippen LogP contribution < -0.4 is 0 Å². The van der Waals surface area contributed by atoms with E-state index in [-0.39, 0.29) is 0 Å². The van der Waals surface area contributed by atoms with Crippen LogP contribution in [0.2, 0.25) is 0 Å². The summed E-state index contributed by atoms with van der Waals surface area (Å²) in [4.78, 5) is 24.0. The van der Waals surface area contributed by atoms with Gasteiger partial charge in [0.2, 0.25) is 5.91 Å². The molecule has 6 nitrogen and oxygen atoms in total. The number of amides is 1. The van der Waals surface area contributed by atoms with Crippen molar-refractivity contribution in [3.63, 3.8) is 0 Å². The van der Waals surface area contributed by atoms with E-state index in [0.29, 0.717) is 11.8 Å². The second-order valence-corrected chi connectivity index (χ2v) is 7.60. The average Bonchev–Trinajstić information content (AvgIpc) is 3.02. The quantitative estimate of drug-likeness (QED) is 0.784. The van der Waals surface area contributed by atoms with Gasteiger partial charge in [0.1, 0.15) is 5.82 Å². The monoisotopic (exact) mass is 347 g/mol. The molecule has 1 amide bonds. The van der Waals surface area contributed by atoms with Gasteiger partial charge in [-0.1, -0.05) is 6.92 Å². The zero-order chi connectivity index (χ0) is 17.6. The molecule has 25 heavy (non-hydrogen) atoms. The van der Waals surface area contributed by atoms with Crippen LogP contribution in [0.1, 0.15) is 38.4 Å². The van der Waals surface area contributed by atoms with Crippen molar-refractivity contribution in [1.29, 1.82) is 0 Å². The van der Waals surface area contributed by atoms with Crippen molar-refractivity contribution in [2.45, 2.75) is 39.2 Å². The Balaban J connectivity index is 1.38. The maximum atomic E-state index is 12.6. The molecular weight excluding hydrogens is 314 g/mol. The van der Waals surface area contributed by atoms with Crippen LogP contribution in [-0.4, -0.2) is 76.0 Å². The highest BCUT2D eigenvalue weighted by Gasteiger charge is 2.26. The van der Waals surface area contributed by atoms with Gasteiger partial charge in [-0.15, -0.1) is 0 Å². The van der Waals surface area contributed by atoms with E-state index in [0.717, 1.165) is 45.0 Å². The fourth-order valence-corrected chi connectivity index (χ4v) is 4.01. The van der Waals surface area contributed by atoms with Gasteiger partial charge >= 0.3 is 0 Å². The molecule has 6 heteroatoms. The minimum atomic E-state index is 0.366. The molecule has 3 rings (SSSR count). The van der Waals surface area contributed by atoms with Gasteiger partial charge in [-0.3, -0.25) is 9.69 Å². The van der Waals surface area contributed by atoms with E-state index in [4.69, 9.17) is 0 Å². The van der Waals surface area contributed by atoms with Crippen LogP contribution in [0.5, 0.6) is 0 Å². The molecule has 2 aliphatic rings. The number of hydrogen-bond acceptors (Lipinski definition) is 4. The zero-order valence-electron chi connectivity index (χ0n) is 15.9. The largest absolute Gasteiger partial charge is 0.340 e. The summed E-state index contributed by atoms with van der Waals surface area (Å²) >= 11 is 0. The molecule has 3 heterocycles. The summed E-state index contributed by atoms with van der Waals surface area (Å²) in [6.07, 6.45) is 8.18. The molecule has 2 saturated heterocycles. The number of aryl methyl sites for hydroxylation is 1. The second kappa shape index (κ2) is 8.81. The van der Waals surface area contributed by atoms with Crippen LogP contribution >= 0.6 is 0 Å². The van der Waals surface area contributed by atoms with Crippen LogP contribution in [0.3, 0.4) is 0 Å². The SMILES string of the molecule is CCCN1CCC(CC(=O)N2CCN(Cc3nccn3C)CC2)CC1. The van der Waals surface area contributed by atoms with Gasteiger partial charge in [0, 0.05) is 52.0 Å². The maximum Gasteiger partial charge on any atom is 0.222 e. The van der Waals surface area contributed by atoms with Crippen LogP contribution in [0, 0.1) is 5.92 Å². The van der Waals surface area contributed by atoms with Gasteiger partial charge < -0.3 is 14.4 Å². The van der Waals surface area contributed by atoms with Gasteiger partial charge in [-0.25, -0.2) is 4.98 Å². The van der Waals surface area contributed by atoms with Crippen molar-refractivity contribution >= 4 is 5.91 Å². The van der Waals surface area contributed by atoms with E-state index in [2.05, 4.69) is 31.2 Å². The number of nitrogens with zero attached hydrogens (tertiary/aromatic N) is 5. The predicted molar refractivity (Wildman–Crippen MR) is 99.1 cm³/mol. The lowest BCUT2D eigenvalue weighted by molar-refractivity contribution is -0.134. The molecule has 0 unspecified atom stereocenters. The van der Waals surface area contributed by atoms with E-state index < -0.39 is 0 Å². The minimum absolute atomic E-state index is 0.366. The van der Waals surface area contributed by atoms with E-state index in [1.807, 2.05) is 19.4 Å². The molecule has 0 bridgehead atoms. The Morgan fingerprint density at radius 1 is 1.12 bits per heavy atom. The molecule has 0 N–H and O–H groups in total. The highest BCUT2D eigenvalue weighted by Crippen LogP contribution is 2.22. The Labute approximate surface area is 151 Å². The lowest BCUT2D eigenvalue weighted by Crippen LogP contribution is -2.49. The fourth-order valence-electron chi connectivity index (χ4n) is 4.01. The highest BCUT2D eigenvalue weighted by molar-refractivity contribution is 5.76. The summed E-state index contributed by atoms with van der Waals surface area (Å²) in [6.45, 7) is 10.3. The van der Waals surface area contributed by atoms with Crippen LogP contribution in [0.15, 0.2) is 12.4 Å². The molecule has 0 aromatic carbocycles. The molecule has 0 spiro atoms. The summed E-state index contributed by atoms with van der Waals surface area (Å²) in [6, 6.07) is 0. The van der Waals surface area contributed by atoms with Crippen molar-refractivity contribution in [2.24, 2.45) is 13.0 Å². The smallest absolute Gasteiger partial charge is 0.222 e. The minimum Gasteiger partial charge on any atom is -0.340 e. The van der Waals surface area contributed by atoms with Gasteiger partial charge in [-0.05, 0) is 44.8 Å². The summed E-state index contributed by atoms with van der Waals surface area (Å²) in [5, 5.41) is 0. The lowest BCUT2D eigenvalue weighted by atomic mass is 9.93. The summed E-state index contributed by atoms with van der Waals surface area (Å²) in [7, 11) is 2.04. The summed E-state index contributed by atoms with van der Waals surface area (Å²) in [5.41, 5.74) is 0. The molecule has 1 aromatic rings. The van der Waals surface area contributed by atoms with Crippen molar-refractivity contribution < 1.29 is 4.79 Å². The Morgan fingerprint density at radius 3 is 2.44 bits per heavy atom. The number of hydrogen-bond donors (Lipinski definition) is 0. The number of likely N-dealkylation sites (tertiary alicyclic amines) is 1. The molecule has 0 radical (unpaired) electrons. The molecule has 0 saturated carbocycles. The van der Waals surface area contributed by atoms with Crippen LogP contribution in [-0.2, 0) is 18.4 Å². The maximum absolute atomic E-state index is 12.6. The van der Waals surface area contributed by atoms with Crippen molar-refractivity contribution in [3.05, 3.63) is 18.2 Å². The number of piperidine rings is 1. The third-order valence-electron chi connectivity index (χ3n) is 5.72. The molecule has 2 aliphatic heterocycles. The first kappa shape index (κ1) is 18.4. The standard InChI is InChI=1S/C19H33N5O/c1-3-7-22-8-4-17(5-9-22)15-19(25)24-13-11-23(12-14-24)16-18-20-6-10-21(18)2/h6,10,17H,3-5,7-9,11-16H2,1-2H3. The molecular formula is C19H33N5O. The Kier molecular flexibility index (Phi) is 6.48. The Bertz CT molecular complexity index is 542. The molecule has 2 fully saturated rings. The summed E-state index contributed by atoms with van der Waals surface area (Å²) in [5.74, 6) is 2.05. The number of aromatic nitrogens is 2. The Hall–Kier alpha value is -1.40. The first-order valence-corrected chi connectivity index (χ1v) is 9.84. The number of piperazine rings is 1.